The van der Waals surface area contributed by atoms with Gasteiger partial charge in [0.25, 0.3) is 0 Å². The molecule has 0 radical (unpaired) electrons. The lowest BCUT2D eigenvalue weighted by Crippen LogP contribution is -2.74. The Hall–Kier alpha value is -5.65. The Kier molecular flexibility index (Phi) is 10.8. The van der Waals surface area contributed by atoms with Gasteiger partial charge in [0.1, 0.15) is 40.2 Å². The van der Waals surface area contributed by atoms with E-state index in [1.807, 2.05) is 6.92 Å². The van der Waals surface area contributed by atoms with Gasteiger partial charge in [-0.25, -0.2) is 17.6 Å². The van der Waals surface area contributed by atoms with Crippen molar-refractivity contribution < 1.29 is 37.0 Å². The molecule has 1 spiro atoms. The number of pyridine rings is 1. The van der Waals surface area contributed by atoms with E-state index in [0.717, 1.165) is 77.7 Å². The van der Waals surface area contributed by atoms with E-state index in [1.165, 1.54) is 37.1 Å². The number of piperazine rings is 2. The Morgan fingerprint density at radius 1 is 0.845 bits per heavy atom. The highest BCUT2D eigenvalue weighted by atomic mass is 19.1. The van der Waals surface area contributed by atoms with Crippen LogP contribution >= 0.6 is 0 Å². The first-order valence-corrected chi connectivity index (χ1v) is 25.8. The summed E-state index contributed by atoms with van der Waals surface area (Å²) in [6.07, 6.45) is 12.1. The fraction of sp³-hybridized carbons (Fsp3) is 0.537. The molecule has 3 aromatic carbocycles. The molecule has 2 saturated carbocycles. The molecule has 9 heterocycles. The fourth-order valence-electron chi connectivity index (χ4n) is 14.0. The number of hydrogen-bond acceptors (Lipinski definition) is 12. The summed E-state index contributed by atoms with van der Waals surface area (Å²) >= 11 is 0. The first-order valence-electron chi connectivity index (χ1n) is 25.8. The minimum atomic E-state index is -1.01. The van der Waals surface area contributed by atoms with Crippen molar-refractivity contribution in [2.75, 3.05) is 62.2 Å². The topological polar surface area (TPSA) is 139 Å². The molecule has 13 nitrogen and oxygen atoms in total. The second-order valence-corrected chi connectivity index (χ2v) is 22.4. The van der Waals surface area contributed by atoms with E-state index in [0.29, 0.717) is 101 Å². The molecule has 14 rings (SSSR count). The van der Waals surface area contributed by atoms with E-state index in [9.17, 15) is 14.7 Å². The smallest absolute Gasteiger partial charge is 0.319 e. The summed E-state index contributed by atoms with van der Waals surface area (Å²) in [7, 11) is 0. The number of piperidine rings is 3. The lowest BCUT2D eigenvalue weighted by Gasteiger charge is -2.65. The number of nitrogens with one attached hydrogen (secondary N) is 2. The number of imide groups is 1. The van der Waals surface area contributed by atoms with Crippen LogP contribution in [-0.4, -0.2) is 124 Å². The predicted octanol–water partition coefficient (Wildman–Crippen LogP) is 7.50. The van der Waals surface area contributed by atoms with E-state index >= 15 is 17.6 Å². The predicted molar refractivity (Wildman–Crippen MR) is 259 cm³/mol. The van der Waals surface area contributed by atoms with Crippen LogP contribution in [0.5, 0.6) is 11.8 Å². The van der Waals surface area contributed by atoms with Gasteiger partial charge in [-0.2, -0.15) is 9.97 Å². The third-order valence-electron chi connectivity index (χ3n) is 17.9. The van der Waals surface area contributed by atoms with Crippen molar-refractivity contribution in [1.29, 1.82) is 0 Å². The second-order valence-electron chi connectivity index (χ2n) is 22.4. The summed E-state index contributed by atoms with van der Waals surface area (Å²) < 4.78 is 69.8. The van der Waals surface area contributed by atoms with Crippen molar-refractivity contribution in [3.05, 3.63) is 77.0 Å². The van der Waals surface area contributed by atoms with Crippen molar-refractivity contribution in [3.8, 4) is 23.0 Å². The van der Waals surface area contributed by atoms with Gasteiger partial charge in [-0.15, -0.1) is 0 Å². The average Bonchev–Trinajstić information content (AvgIpc) is 4.03. The quantitative estimate of drug-likeness (QED) is 0.0893. The van der Waals surface area contributed by atoms with Crippen molar-refractivity contribution >= 4 is 45.0 Å². The van der Waals surface area contributed by atoms with Crippen LogP contribution in [-0.2, 0) is 16.0 Å². The number of halogens is 4. The van der Waals surface area contributed by atoms with Crippen LogP contribution in [0.3, 0.4) is 0 Å². The van der Waals surface area contributed by atoms with E-state index < -0.39 is 41.0 Å². The number of amides is 2. The number of likely N-dealkylation sites (tertiary alicyclic amines) is 1. The van der Waals surface area contributed by atoms with Crippen LogP contribution < -0.4 is 25.2 Å². The average molecular weight is 974 g/mol. The summed E-state index contributed by atoms with van der Waals surface area (Å²) in [5, 5.41) is 18.2. The third kappa shape index (κ3) is 7.86. The molecule has 2 amide bonds. The highest BCUT2D eigenvalue weighted by Gasteiger charge is 2.56. The number of aromatic nitrogens is 3. The molecule has 9 aliphatic rings. The summed E-state index contributed by atoms with van der Waals surface area (Å²) in [5.41, 5.74) is 1.34. The third-order valence-corrected chi connectivity index (χ3v) is 17.9. The van der Waals surface area contributed by atoms with Crippen LogP contribution in [0.4, 0.5) is 29.1 Å². The van der Waals surface area contributed by atoms with Gasteiger partial charge in [0.15, 0.2) is 5.82 Å². The highest BCUT2D eigenvalue weighted by Crippen LogP contribution is 2.55. The SMILES string of the molecule is CCc1c(F)ccc2cc(O)cc(-c3ncc4c(N5CC6CCC(C5)N6)nc(OCC5(CN6CCC7(CC6)CC(N6C8CC6CN(c6cc(F)c(C9CCC(=O)NC9=O)c(F)c6)C8)C7)CC5)nc4c3F)c12. The Morgan fingerprint density at radius 2 is 1.58 bits per heavy atom. The van der Waals surface area contributed by atoms with Crippen molar-refractivity contribution in [3.63, 3.8) is 0 Å². The van der Waals surface area contributed by atoms with Crippen LogP contribution in [0.2, 0.25) is 0 Å². The Labute approximate surface area is 409 Å². The van der Waals surface area contributed by atoms with Gasteiger partial charge in [0, 0.05) is 97.8 Å². The summed E-state index contributed by atoms with van der Waals surface area (Å²) in [6, 6.07) is 10.6. The van der Waals surface area contributed by atoms with E-state index in [1.54, 1.807) is 18.3 Å². The molecule has 9 fully saturated rings. The fourth-order valence-corrected chi connectivity index (χ4v) is 14.0. The van der Waals surface area contributed by atoms with Gasteiger partial charge < -0.3 is 29.9 Å². The number of aromatic hydroxyl groups is 1. The number of carbonyl (C=O) groups is 2. The van der Waals surface area contributed by atoms with Gasteiger partial charge in [-0.05, 0) is 136 Å². The molecule has 5 aromatic rings. The maximum atomic E-state index is 17.2. The first kappa shape index (κ1) is 45.2. The van der Waals surface area contributed by atoms with E-state index in [-0.39, 0.29) is 46.8 Å². The second kappa shape index (κ2) is 17.0. The largest absolute Gasteiger partial charge is 0.508 e. The molecule has 5 unspecified atom stereocenters. The zero-order chi connectivity index (χ0) is 48.5. The minimum Gasteiger partial charge on any atom is -0.508 e. The van der Waals surface area contributed by atoms with Crippen molar-refractivity contribution in [2.45, 2.75) is 120 Å². The lowest BCUT2D eigenvalue weighted by molar-refractivity contribution is -0.134. The van der Waals surface area contributed by atoms with Crippen LogP contribution in [0.25, 0.3) is 32.9 Å². The Bertz CT molecular complexity index is 2960. The molecule has 5 atom stereocenters. The number of fused-ring (bicyclic) bond motifs is 6. The van der Waals surface area contributed by atoms with Gasteiger partial charge in [-0.3, -0.25) is 24.8 Å². The molecule has 7 aliphatic heterocycles. The number of rotatable bonds is 11. The number of carbonyl (C=O) groups excluding carboxylic acids is 2. The molecule has 3 N–H and O–H groups in total. The molecule has 372 valence electrons. The number of aryl methyl sites for hydroxylation is 1. The Balaban J connectivity index is 0.662. The van der Waals surface area contributed by atoms with Gasteiger partial charge in [-0.1, -0.05) is 13.0 Å². The number of nitrogens with zero attached hydrogens (tertiary/aromatic N) is 7. The highest BCUT2D eigenvalue weighted by molar-refractivity contribution is 6.02. The number of phenols is 1. The molecule has 7 saturated heterocycles. The zero-order valence-electron chi connectivity index (χ0n) is 40.0. The lowest BCUT2D eigenvalue weighted by atomic mass is 9.58. The van der Waals surface area contributed by atoms with E-state index in [2.05, 4.69) is 35.2 Å². The van der Waals surface area contributed by atoms with Gasteiger partial charge in [0.2, 0.25) is 11.8 Å². The van der Waals surface area contributed by atoms with Crippen LogP contribution in [0, 0.1) is 34.1 Å². The molecular formula is C54H59F4N9O4. The number of benzene rings is 3. The van der Waals surface area contributed by atoms with E-state index in [4.69, 9.17) is 14.7 Å². The first-order chi connectivity index (χ1) is 34.3. The number of anilines is 2. The van der Waals surface area contributed by atoms with Crippen LogP contribution in [0.1, 0.15) is 94.6 Å². The van der Waals surface area contributed by atoms with Gasteiger partial charge >= 0.3 is 6.01 Å². The number of phenolic OH excluding ortho intramolecular Hbond substituents is 1. The standard InChI is InChI=1S/C54H59F4N9O4/c1-2-37-41(55)7-3-29-15-36(68)19-39(45(29)37)48-47(58)49-40(22-59-48)50(66-23-30-4-5-31(24-66)60-30)63-52(62-49)71-28-54(9-10-54)27-64-13-11-53(12-14-64)20-35(21-53)67-33-16-34(67)26-65(25-33)32-17-42(56)46(43(57)18-32)38-6-8-44(69)61-51(38)70/h3,7,15,17-19,22,30-31,33-35,38,60,68H,2,4-6,8-14,16,20-21,23-28H2,1H3,(H,61,69,70). The molecule has 2 aliphatic carbocycles. The van der Waals surface area contributed by atoms with Crippen LogP contribution in [0.15, 0.2) is 42.6 Å². The maximum Gasteiger partial charge on any atom is 0.319 e. The maximum absolute atomic E-state index is 17.2. The normalized spacial score (nSPS) is 27.0. The molecule has 4 bridgehead atoms. The molecular weight excluding hydrogens is 915 g/mol. The zero-order valence-corrected chi connectivity index (χ0v) is 40.0. The minimum absolute atomic E-state index is 0.0169. The molecule has 71 heavy (non-hydrogen) atoms. The van der Waals surface area contributed by atoms with Crippen molar-refractivity contribution in [1.82, 2.24) is 35.4 Å². The summed E-state index contributed by atoms with van der Waals surface area (Å²) in [6.45, 7) is 8.10. The van der Waals surface area contributed by atoms with Gasteiger partial charge in [0.05, 0.1) is 17.9 Å². The summed E-state index contributed by atoms with van der Waals surface area (Å²) in [5.74, 6) is -4.09. The molecule has 17 heteroatoms. The Morgan fingerprint density at radius 3 is 2.27 bits per heavy atom. The number of hydrogen-bond donors (Lipinski definition) is 3. The van der Waals surface area contributed by atoms with Crippen molar-refractivity contribution in [2.24, 2.45) is 10.8 Å². The summed E-state index contributed by atoms with van der Waals surface area (Å²) in [4.78, 5) is 47.9. The monoisotopic (exact) mass is 973 g/mol. The number of ether oxygens (including phenoxy) is 1. The molecule has 2 aromatic heterocycles.